The largest absolute Gasteiger partial charge is 0.463 e. The van der Waals surface area contributed by atoms with Crippen LogP contribution in [0.1, 0.15) is 22.6 Å². The van der Waals surface area contributed by atoms with Gasteiger partial charge in [0.1, 0.15) is 5.92 Å². The van der Waals surface area contributed by atoms with Gasteiger partial charge in [-0.15, -0.1) is 0 Å². The van der Waals surface area contributed by atoms with Crippen LogP contribution in [-0.4, -0.2) is 18.9 Å². The average Bonchev–Trinajstić information content (AvgIpc) is 2.31. The van der Waals surface area contributed by atoms with Gasteiger partial charge in [0, 0.05) is 0 Å². The minimum Gasteiger partial charge on any atom is -0.463 e. The molecule has 1 aromatic carbocycles. The Hall–Kier alpha value is -2.15. The van der Waals surface area contributed by atoms with Gasteiger partial charge >= 0.3 is 5.97 Å². The van der Waals surface area contributed by atoms with E-state index in [9.17, 15) is 9.59 Å². The molecule has 4 heteroatoms. The number of ether oxygens (including phenoxy) is 1. The highest BCUT2D eigenvalue weighted by molar-refractivity contribution is 6.36. The molecule has 0 amide bonds. The predicted molar refractivity (Wildman–Crippen MR) is 61.3 cm³/mol. The molecule has 0 aliphatic heterocycles. The Labute approximate surface area is 99.8 Å². The molecule has 0 radical (unpaired) electrons. The number of benzene rings is 1. The van der Waals surface area contributed by atoms with Gasteiger partial charge in [0.25, 0.3) is 5.78 Å². The van der Waals surface area contributed by atoms with Crippen molar-refractivity contribution in [1.29, 1.82) is 5.26 Å². The van der Waals surface area contributed by atoms with Crippen LogP contribution in [0.5, 0.6) is 0 Å². The standard InChI is InChI=1S/C13H13NO3/c1-8-4-5-10(9(2)6-8)11(7-14)12(15)13(16)17-3/h4-6,11H,1-3H3. The van der Waals surface area contributed by atoms with Crippen LogP contribution in [0.4, 0.5) is 0 Å². The number of esters is 1. The van der Waals surface area contributed by atoms with Crippen LogP contribution in [0.25, 0.3) is 0 Å². The topological polar surface area (TPSA) is 67.2 Å². The number of Topliss-reactive ketones (excluding diaryl/α,β-unsaturated/α-hetero) is 1. The summed E-state index contributed by atoms with van der Waals surface area (Å²) in [5.74, 6) is -2.92. The maximum absolute atomic E-state index is 11.6. The number of carbonyl (C=O) groups excluding carboxylic acids is 2. The molecule has 0 heterocycles. The highest BCUT2D eigenvalue weighted by atomic mass is 16.5. The van der Waals surface area contributed by atoms with E-state index >= 15 is 0 Å². The van der Waals surface area contributed by atoms with Gasteiger partial charge in [0.15, 0.2) is 0 Å². The second kappa shape index (κ2) is 5.26. The van der Waals surface area contributed by atoms with E-state index in [0.717, 1.165) is 18.2 Å². The summed E-state index contributed by atoms with van der Waals surface area (Å²) in [4.78, 5) is 22.8. The van der Waals surface area contributed by atoms with Gasteiger partial charge in [0.05, 0.1) is 13.2 Å². The summed E-state index contributed by atoms with van der Waals surface area (Å²) >= 11 is 0. The summed E-state index contributed by atoms with van der Waals surface area (Å²) in [5, 5.41) is 9.01. The molecule has 1 atom stereocenters. The molecule has 0 aliphatic carbocycles. The van der Waals surface area contributed by atoms with Crippen molar-refractivity contribution >= 4 is 11.8 Å². The Bertz CT molecular complexity index is 500. The lowest BCUT2D eigenvalue weighted by Gasteiger charge is -2.10. The van der Waals surface area contributed by atoms with E-state index in [4.69, 9.17) is 5.26 Å². The van der Waals surface area contributed by atoms with E-state index in [1.165, 1.54) is 0 Å². The molecule has 1 rings (SSSR count). The second-order valence-electron chi connectivity index (χ2n) is 3.78. The summed E-state index contributed by atoms with van der Waals surface area (Å²) in [6.45, 7) is 3.72. The zero-order valence-electron chi connectivity index (χ0n) is 9.98. The maximum atomic E-state index is 11.6. The number of rotatable bonds is 3. The van der Waals surface area contributed by atoms with E-state index in [1.807, 2.05) is 19.1 Å². The number of hydrogen-bond donors (Lipinski definition) is 0. The number of aryl methyl sites for hydroxylation is 2. The molecular weight excluding hydrogens is 218 g/mol. The number of hydrogen-bond acceptors (Lipinski definition) is 4. The third kappa shape index (κ3) is 2.70. The Morgan fingerprint density at radius 1 is 1.35 bits per heavy atom. The first-order valence-corrected chi connectivity index (χ1v) is 5.10. The quantitative estimate of drug-likeness (QED) is 0.586. The number of nitrogens with zero attached hydrogens (tertiary/aromatic N) is 1. The molecule has 88 valence electrons. The van der Waals surface area contributed by atoms with Gasteiger partial charge in [0.2, 0.25) is 0 Å². The number of carbonyl (C=O) groups is 2. The first-order valence-electron chi connectivity index (χ1n) is 5.10. The van der Waals surface area contributed by atoms with Crippen molar-refractivity contribution in [2.24, 2.45) is 0 Å². The maximum Gasteiger partial charge on any atom is 0.376 e. The van der Waals surface area contributed by atoms with E-state index in [2.05, 4.69) is 4.74 Å². The lowest BCUT2D eigenvalue weighted by Crippen LogP contribution is -2.23. The summed E-state index contributed by atoms with van der Waals surface area (Å²) in [7, 11) is 1.12. The van der Waals surface area contributed by atoms with Crippen molar-refractivity contribution in [3.05, 3.63) is 34.9 Å². The SMILES string of the molecule is COC(=O)C(=O)C(C#N)c1ccc(C)cc1C. The van der Waals surface area contributed by atoms with E-state index < -0.39 is 17.7 Å². The smallest absolute Gasteiger partial charge is 0.376 e. The minimum absolute atomic E-state index is 0.550. The van der Waals surface area contributed by atoms with Gasteiger partial charge in [-0.3, -0.25) is 4.79 Å². The third-order valence-electron chi connectivity index (χ3n) is 2.51. The summed E-state index contributed by atoms with van der Waals surface area (Å²) in [6, 6.07) is 7.21. The molecule has 1 unspecified atom stereocenters. The lowest BCUT2D eigenvalue weighted by molar-refractivity contribution is -0.151. The molecule has 1 aromatic rings. The number of ketones is 1. The van der Waals surface area contributed by atoms with Crippen molar-refractivity contribution < 1.29 is 14.3 Å². The molecule has 0 spiro atoms. The van der Waals surface area contributed by atoms with Crippen molar-refractivity contribution in [3.8, 4) is 6.07 Å². The summed E-state index contributed by atoms with van der Waals surface area (Å²) in [6.07, 6.45) is 0. The fraction of sp³-hybridized carbons (Fsp3) is 0.308. The Kier molecular flexibility index (Phi) is 4.00. The molecule has 0 saturated carbocycles. The molecule has 17 heavy (non-hydrogen) atoms. The van der Waals surface area contributed by atoms with Crippen LogP contribution in [-0.2, 0) is 14.3 Å². The van der Waals surface area contributed by atoms with E-state index in [0.29, 0.717) is 5.56 Å². The van der Waals surface area contributed by atoms with Gasteiger partial charge in [-0.2, -0.15) is 5.26 Å². The molecule has 0 fully saturated rings. The molecule has 0 saturated heterocycles. The van der Waals surface area contributed by atoms with Crippen molar-refractivity contribution in [3.63, 3.8) is 0 Å². The van der Waals surface area contributed by atoms with Crippen molar-refractivity contribution in [1.82, 2.24) is 0 Å². The van der Waals surface area contributed by atoms with Crippen molar-refractivity contribution in [2.45, 2.75) is 19.8 Å². The van der Waals surface area contributed by atoms with Gasteiger partial charge in [-0.1, -0.05) is 23.8 Å². The highest BCUT2D eigenvalue weighted by Crippen LogP contribution is 2.21. The highest BCUT2D eigenvalue weighted by Gasteiger charge is 2.28. The van der Waals surface area contributed by atoms with Gasteiger partial charge in [-0.25, -0.2) is 4.79 Å². The second-order valence-corrected chi connectivity index (χ2v) is 3.78. The average molecular weight is 231 g/mol. The molecule has 0 bridgehead atoms. The molecular formula is C13H13NO3. The van der Waals surface area contributed by atoms with Crippen molar-refractivity contribution in [2.75, 3.05) is 7.11 Å². The van der Waals surface area contributed by atoms with Gasteiger partial charge in [-0.05, 0) is 25.0 Å². The number of methoxy groups -OCH3 is 1. The van der Waals surface area contributed by atoms with E-state index in [-0.39, 0.29) is 0 Å². The van der Waals surface area contributed by atoms with Crippen LogP contribution < -0.4 is 0 Å². The Balaban J connectivity index is 3.16. The normalized spacial score (nSPS) is 11.4. The lowest BCUT2D eigenvalue weighted by atomic mass is 9.91. The first-order chi connectivity index (χ1) is 8.01. The minimum atomic E-state index is -1.09. The zero-order chi connectivity index (χ0) is 13.0. The fourth-order valence-corrected chi connectivity index (χ4v) is 1.64. The predicted octanol–water partition coefficient (Wildman–Crippen LogP) is 1.65. The molecule has 0 N–H and O–H groups in total. The summed E-state index contributed by atoms with van der Waals surface area (Å²) in [5.41, 5.74) is 2.40. The monoisotopic (exact) mass is 231 g/mol. The Morgan fingerprint density at radius 2 is 2.00 bits per heavy atom. The fourth-order valence-electron chi connectivity index (χ4n) is 1.64. The molecule has 0 aromatic heterocycles. The zero-order valence-corrected chi connectivity index (χ0v) is 9.98. The Morgan fingerprint density at radius 3 is 2.47 bits per heavy atom. The van der Waals surface area contributed by atoms with Crippen LogP contribution in [0.3, 0.4) is 0 Å². The summed E-state index contributed by atoms with van der Waals surface area (Å²) < 4.78 is 4.34. The van der Waals surface area contributed by atoms with Crippen LogP contribution in [0.15, 0.2) is 18.2 Å². The molecule has 4 nitrogen and oxygen atoms in total. The number of nitriles is 1. The van der Waals surface area contributed by atoms with Crippen LogP contribution >= 0.6 is 0 Å². The van der Waals surface area contributed by atoms with Crippen LogP contribution in [0, 0.1) is 25.2 Å². The third-order valence-corrected chi connectivity index (χ3v) is 2.51. The molecule has 0 aliphatic rings. The van der Waals surface area contributed by atoms with Gasteiger partial charge < -0.3 is 4.74 Å². The van der Waals surface area contributed by atoms with E-state index in [1.54, 1.807) is 19.1 Å². The van der Waals surface area contributed by atoms with Crippen LogP contribution in [0.2, 0.25) is 0 Å². The first kappa shape index (κ1) is 12.9.